The Morgan fingerprint density at radius 2 is 1.68 bits per heavy atom. The van der Waals surface area contributed by atoms with Crippen LogP contribution in [-0.4, -0.2) is 49.8 Å². The van der Waals surface area contributed by atoms with Crippen LogP contribution in [0.3, 0.4) is 0 Å². The van der Waals surface area contributed by atoms with Crippen LogP contribution in [0.1, 0.15) is 90.0 Å². The average molecular weight is 778 g/mol. The number of fused-ring (bicyclic) bond motifs is 1. The summed E-state index contributed by atoms with van der Waals surface area (Å²) in [6.45, 7) is 6.53. The van der Waals surface area contributed by atoms with Crippen molar-refractivity contribution in [2.24, 2.45) is 5.73 Å². The second kappa shape index (κ2) is 19.6. The fourth-order valence-corrected chi connectivity index (χ4v) is 7.81. The minimum absolute atomic E-state index is 0.133. The van der Waals surface area contributed by atoms with Crippen molar-refractivity contribution in [1.29, 1.82) is 10.5 Å². The molecule has 1 amide bonds. The number of halogens is 2. The Morgan fingerprint density at radius 1 is 0.929 bits per heavy atom. The molecular weight excluding hydrogens is 729 g/mol. The third-order valence-electron chi connectivity index (χ3n) is 10.6. The quantitative estimate of drug-likeness (QED) is 0.0960. The second-order valence-electron chi connectivity index (χ2n) is 14.6. The van der Waals surface area contributed by atoms with E-state index in [0.717, 1.165) is 78.9 Å². The van der Waals surface area contributed by atoms with Crippen LogP contribution in [0.2, 0.25) is 5.02 Å². The zero-order valence-electron chi connectivity index (χ0n) is 31.9. The Morgan fingerprint density at radius 3 is 2.43 bits per heavy atom. The van der Waals surface area contributed by atoms with E-state index in [-0.39, 0.29) is 18.6 Å². The zero-order valence-corrected chi connectivity index (χ0v) is 32.7. The molecule has 56 heavy (non-hydrogen) atoms. The van der Waals surface area contributed by atoms with Crippen molar-refractivity contribution in [3.05, 3.63) is 111 Å². The van der Waals surface area contributed by atoms with E-state index in [0.29, 0.717) is 78.6 Å². The third kappa shape index (κ3) is 10.6. The van der Waals surface area contributed by atoms with Crippen molar-refractivity contribution >= 4 is 17.5 Å². The molecule has 0 unspecified atom stereocenters. The molecule has 0 bridgehead atoms. The molecule has 4 aromatic rings. The Bertz CT molecular complexity index is 2060. The fourth-order valence-electron chi connectivity index (χ4n) is 7.58. The van der Waals surface area contributed by atoms with E-state index >= 15 is 0 Å². The molecule has 9 nitrogen and oxygen atoms in total. The van der Waals surface area contributed by atoms with Crippen molar-refractivity contribution < 1.29 is 23.4 Å². The summed E-state index contributed by atoms with van der Waals surface area (Å²) in [5.74, 6) is 1.63. The number of nitrogens with zero attached hydrogens (tertiary/aromatic N) is 3. The number of unbranched alkanes of at least 4 members (excludes halogenated alkanes) is 1. The van der Waals surface area contributed by atoms with Gasteiger partial charge in [-0.15, -0.1) is 0 Å². The van der Waals surface area contributed by atoms with Crippen LogP contribution < -0.4 is 25.3 Å². The summed E-state index contributed by atoms with van der Waals surface area (Å²) in [6.07, 6.45) is 4.69. The molecule has 11 heteroatoms. The summed E-state index contributed by atoms with van der Waals surface area (Å²) in [4.78, 5) is 13.5. The number of nitrogens with one attached hydrogen (secondary N) is 1. The van der Waals surface area contributed by atoms with Crippen molar-refractivity contribution in [2.75, 3.05) is 32.8 Å². The van der Waals surface area contributed by atoms with Gasteiger partial charge in [0.25, 0.3) is 0 Å². The van der Waals surface area contributed by atoms with Crippen molar-refractivity contribution in [3.63, 3.8) is 0 Å². The number of rotatable bonds is 18. The molecule has 0 radical (unpaired) electrons. The first-order valence-corrected chi connectivity index (χ1v) is 19.9. The monoisotopic (exact) mass is 777 g/mol. The molecule has 1 atom stereocenters. The normalized spacial score (nSPS) is 15.5. The number of carbonyl (C=O) groups excluding carboxylic acids is 1. The van der Waals surface area contributed by atoms with E-state index in [1.54, 1.807) is 18.2 Å². The summed E-state index contributed by atoms with van der Waals surface area (Å²) in [7, 11) is 0. The topological polar surface area (TPSA) is 134 Å². The minimum atomic E-state index is -0.662. The van der Waals surface area contributed by atoms with Gasteiger partial charge in [0, 0.05) is 44.2 Å². The highest BCUT2D eigenvalue weighted by atomic mass is 35.5. The molecule has 0 aromatic heterocycles. The van der Waals surface area contributed by atoms with Crippen LogP contribution in [0.4, 0.5) is 4.39 Å². The molecule has 3 N–H and O–H groups in total. The number of hydrogen-bond donors (Lipinski definition) is 2. The maximum Gasteiger partial charge on any atom is 0.217 e. The zero-order chi connectivity index (χ0) is 39.4. The van der Waals surface area contributed by atoms with Gasteiger partial charge in [-0.3, -0.25) is 4.79 Å². The molecule has 292 valence electrons. The van der Waals surface area contributed by atoms with Gasteiger partial charge < -0.3 is 30.2 Å². The molecular formula is C45H49ClFN5O4. The largest absolute Gasteiger partial charge is 0.493 e. The maximum atomic E-state index is 13.5. The van der Waals surface area contributed by atoms with Gasteiger partial charge in [-0.2, -0.15) is 10.5 Å². The predicted molar refractivity (Wildman–Crippen MR) is 215 cm³/mol. The van der Waals surface area contributed by atoms with Crippen molar-refractivity contribution in [1.82, 2.24) is 10.2 Å². The van der Waals surface area contributed by atoms with Crippen LogP contribution in [0, 0.1) is 29.6 Å². The summed E-state index contributed by atoms with van der Waals surface area (Å²) in [6, 6.07) is 25.4. The van der Waals surface area contributed by atoms with Gasteiger partial charge in [-0.05, 0) is 122 Å². The minimum Gasteiger partial charge on any atom is -0.493 e. The number of amides is 1. The lowest BCUT2D eigenvalue weighted by atomic mass is 9.93. The van der Waals surface area contributed by atoms with Gasteiger partial charge in [-0.1, -0.05) is 41.9 Å². The molecule has 0 spiro atoms. The SMILES string of the molecule is Cc1c(OCCCN2CCC(F)CC2)cccc1-c1cccc2c1CC[C@@H]2Oc1cc(OCc2cc(C#N)cc(C#N)c2)c(CNCCCCC(N)=O)cc1Cl. The van der Waals surface area contributed by atoms with Crippen molar-refractivity contribution in [2.45, 2.75) is 83.7 Å². The highest BCUT2D eigenvalue weighted by molar-refractivity contribution is 6.32. The van der Waals surface area contributed by atoms with Gasteiger partial charge in [0.15, 0.2) is 0 Å². The summed E-state index contributed by atoms with van der Waals surface area (Å²) in [5.41, 5.74) is 13.3. The Hall–Kier alpha value is -5.13. The Labute approximate surface area is 334 Å². The Kier molecular flexibility index (Phi) is 14.2. The lowest BCUT2D eigenvalue weighted by Gasteiger charge is -2.28. The standard InChI is InChI=1S/C45H49ClFN5O4/c1-30-36(7-5-10-41(30)54-20-6-17-52-18-14-35(47)15-19-52)37-8-4-9-39-38(37)12-13-42(39)56-44-25-43(55-29-33-22-31(26-48)21-32(23-33)27-49)34(24-40(44)46)28-51-16-3-2-11-45(50)53/h4-5,7-10,21-25,35,42,51H,2-3,6,11-20,28-29H2,1H3,(H2,50,53)/t42-/m0/s1. The number of likely N-dealkylation sites (tertiary alicyclic amines) is 1. The number of nitrogens with two attached hydrogens (primary N) is 1. The number of alkyl halides is 1. The van der Waals surface area contributed by atoms with Crippen LogP contribution in [0.5, 0.6) is 17.2 Å². The lowest BCUT2D eigenvalue weighted by Crippen LogP contribution is -2.35. The first-order valence-electron chi connectivity index (χ1n) is 19.5. The highest BCUT2D eigenvalue weighted by Crippen LogP contribution is 2.44. The van der Waals surface area contributed by atoms with E-state index in [1.165, 1.54) is 5.56 Å². The van der Waals surface area contributed by atoms with E-state index in [9.17, 15) is 19.7 Å². The number of primary amides is 1. The van der Waals surface area contributed by atoms with Crippen LogP contribution in [0.15, 0.2) is 66.7 Å². The second-order valence-corrected chi connectivity index (χ2v) is 15.0. The Balaban J connectivity index is 1.17. The number of hydrogen-bond acceptors (Lipinski definition) is 8. The predicted octanol–water partition coefficient (Wildman–Crippen LogP) is 8.65. The molecule has 4 aromatic carbocycles. The molecule has 1 fully saturated rings. The van der Waals surface area contributed by atoms with Gasteiger partial charge >= 0.3 is 0 Å². The first kappa shape index (κ1) is 40.5. The molecule has 1 aliphatic heterocycles. The number of nitriles is 2. The summed E-state index contributed by atoms with van der Waals surface area (Å²) >= 11 is 6.90. The van der Waals surface area contributed by atoms with E-state index in [4.69, 9.17) is 31.5 Å². The highest BCUT2D eigenvalue weighted by Gasteiger charge is 2.28. The van der Waals surface area contributed by atoms with Crippen LogP contribution in [-0.2, 0) is 24.4 Å². The molecule has 1 aliphatic carbocycles. The number of piperidine rings is 1. The van der Waals surface area contributed by atoms with Gasteiger partial charge in [0.1, 0.15) is 36.1 Å². The molecule has 0 saturated carbocycles. The fraction of sp³-hybridized carbons (Fsp3) is 0.400. The third-order valence-corrected chi connectivity index (χ3v) is 10.9. The molecule has 1 saturated heterocycles. The average Bonchev–Trinajstić information content (AvgIpc) is 3.62. The summed E-state index contributed by atoms with van der Waals surface area (Å²) < 4.78 is 32.8. The van der Waals surface area contributed by atoms with E-state index in [2.05, 4.69) is 53.5 Å². The number of ether oxygens (including phenoxy) is 3. The van der Waals surface area contributed by atoms with Crippen molar-refractivity contribution in [3.8, 4) is 40.5 Å². The first-order chi connectivity index (χ1) is 27.2. The molecule has 2 aliphatic rings. The van der Waals surface area contributed by atoms with Crippen LogP contribution in [0.25, 0.3) is 11.1 Å². The van der Waals surface area contributed by atoms with Gasteiger partial charge in [0.2, 0.25) is 5.91 Å². The molecule has 6 rings (SSSR count). The number of benzene rings is 4. The van der Waals surface area contributed by atoms with Crippen LogP contribution >= 0.6 is 11.6 Å². The van der Waals surface area contributed by atoms with Gasteiger partial charge in [-0.25, -0.2) is 4.39 Å². The van der Waals surface area contributed by atoms with E-state index < -0.39 is 6.17 Å². The van der Waals surface area contributed by atoms with Gasteiger partial charge in [0.05, 0.1) is 34.9 Å². The van der Waals surface area contributed by atoms with E-state index in [1.807, 2.05) is 24.3 Å². The summed E-state index contributed by atoms with van der Waals surface area (Å²) in [5, 5.41) is 22.8. The number of carbonyl (C=O) groups is 1. The molecule has 1 heterocycles. The maximum absolute atomic E-state index is 13.5. The smallest absolute Gasteiger partial charge is 0.217 e. The lowest BCUT2D eigenvalue weighted by molar-refractivity contribution is -0.118.